The summed E-state index contributed by atoms with van der Waals surface area (Å²) in [6, 6.07) is 7.74. The number of hydrogen-bond donors (Lipinski definition) is 1. The van der Waals surface area contributed by atoms with Crippen molar-refractivity contribution in [1.29, 1.82) is 0 Å². The average molecular weight is 311 g/mol. The predicted molar refractivity (Wildman–Crippen MR) is 85.3 cm³/mol. The van der Waals surface area contributed by atoms with Crippen molar-refractivity contribution in [2.24, 2.45) is 7.05 Å². The highest BCUT2D eigenvalue weighted by atomic mass is 16.5. The van der Waals surface area contributed by atoms with E-state index in [1.54, 1.807) is 6.92 Å². The molecule has 0 aliphatic carbocycles. The number of aromatic carboxylic acids is 1. The molecule has 0 bridgehead atoms. The molecule has 3 rings (SSSR count). The summed E-state index contributed by atoms with van der Waals surface area (Å²) in [6.45, 7) is 5.60. The lowest BCUT2D eigenvalue weighted by molar-refractivity contribution is 0.0696. The summed E-state index contributed by atoms with van der Waals surface area (Å²) in [5.41, 5.74) is 4.07. The van der Waals surface area contributed by atoms with Gasteiger partial charge in [-0.15, -0.1) is 0 Å². The van der Waals surface area contributed by atoms with Gasteiger partial charge in [0.15, 0.2) is 0 Å². The van der Waals surface area contributed by atoms with Gasteiger partial charge < -0.3 is 14.2 Å². The number of hydrogen-bond acceptors (Lipinski definition) is 4. The van der Waals surface area contributed by atoms with Crippen molar-refractivity contribution in [3.63, 3.8) is 0 Å². The van der Waals surface area contributed by atoms with Crippen LogP contribution in [0.5, 0.6) is 0 Å². The van der Waals surface area contributed by atoms with E-state index in [1.807, 2.05) is 49.7 Å². The number of carboxylic acid groups (broad SMARTS) is 1. The Morgan fingerprint density at radius 3 is 2.39 bits per heavy atom. The summed E-state index contributed by atoms with van der Waals surface area (Å²) in [7, 11) is 1.82. The van der Waals surface area contributed by atoms with E-state index in [-0.39, 0.29) is 11.5 Å². The molecule has 2 heterocycles. The Bertz CT molecular complexity index is 889. The highest BCUT2D eigenvalue weighted by molar-refractivity contribution is 5.97. The van der Waals surface area contributed by atoms with Gasteiger partial charge in [-0.2, -0.15) is 4.98 Å². The van der Waals surface area contributed by atoms with Crippen LogP contribution in [0.15, 0.2) is 28.8 Å². The van der Waals surface area contributed by atoms with Crippen LogP contribution in [-0.2, 0) is 7.05 Å². The molecule has 2 aromatic heterocycles. The largest absolute Gasteiger partial charge is 0.478 e. The van der Waals surface area contributed by atoms with Crippen LogP contribution in [0.4, 0.5) is 0 Å². The second kappa shape index (κ2) is 5.39. The Morgan fingerprint density at radius 2 is 1.78 bits per heavy atom. The van der Waals surface area contributed by atoms with Gasteiger partial charge in [0, 0.05) is 24.0 Å². The maximum Gasteiger partial charge on any atom is 0.338 e. The Labute approximate surface area is 133 Å². The van der Waals surface area contributed by atoms with Gasteiger partial charge in [-0.25, -0.2) is 4.79 Å². The maximum atomic E-state index is 11.6. The molecule has 6 heteroatoms. The number of aromatic nitrogens is 3. The van der Waals surface area contributed by atoms with Crippen LogP contribution in [0.25, 0.3) is 22.8 Å². The molecule has 0 unspecified atom stereocenters. The second-order valence-electron chi connectivity index (χ2n) is 5.57. The highest BCUT2D eigenvalue weighted by Crippen LogP contribution is 2.32. The van der Waals surface area contributed by atoms with Crippen molar-refractivity contribution >= 4 is 5.97 Å². The zero-order valence-electron chi connectivity index (χ0n) is 13.4. The van der Waals surface area contributed by atoms with Gasteiger partial charge >= 0.3 is 5.97 Å². The van der Waals surface area contributed by atoms with Crippen molar-refractivity contribution in [2.45, 2.75) is 20.8 Å². The Hall–Kier alpha value is -2.89. The smallest absolute Gasteiger partial charge is 0.338 e. The van der Waals surface area contributed by atoms with Crippen molar-refractivity contribution < 1.29 is 14.4 Å². The van der Waals surface area contributed by atoms with E-state index in [0.29, 0.717) is 17.1 Å². The first-order valence-corrected chi connectivity index (χ1v) is 7.20. The molecule has 0 aliphatic heterocycles. The van der Waals surface area contributed by atoms with E-state index in [4.69, 9.17) is 4.52 Å². The minimum absolute atomic E-state index is 0.198. The Balaban J connectivity index is 2.13. The van der Waals surface area contributed by atoms with E-state index in [9.17, 15) is 9.90 Å². The molecule has 118 valence electrons. The molecule has 6 nitrogen and oxygen atoms in total. The van der Waals surface area contributed by atoms with Crippen molar-refractivity contribution in [3.8, 4) is 22.8 Å². The number of benzene rings is 1. The monoisotopic (exact) mass is 311 g/mol. The number of carbonyl (C=O) groups is 1. The van der Waals surface area contributed by atoms with Crippen molar-refractivity contribution in [3.05, 3.63) is 46.8 Å². The summed E-state index contributed by atoms with van der Waals surface area (Å²) >= 11 is 0. The third kappa shape index (κ3) is 2.42. The molecule has 0 spiro atoms. The van der Waals surface area contributed by atoms with Crippen molar-refractivity contribution in [2.75, 3.05) is 0 Å². The molecule has 0 amide bonds. The fourth-order valence-corrected chi connectivity index (χ4v) is 2.62. The van der Waals surface area contributed by atoms with Crippen LogP contribution in [0.1, 0.15) is 27.3 Å². The zero-order valence-corrected chi connectivity index (χ0v) is 13.4. The summed E-state index contributed by atoms with van der Waals surface area (Å²) < 4.78 is 7.15. The fraction of sp³-hybridized carbons (Fsp3) is 0.235. The first-order valence-electron chi connectivity index (χ1n) is 7.20. The van der Waals surface area contributed by atoms with Gasteiger partial charge in [-0.1, -0.05) is 35.0 Å². The standard InChI is InChI=1S/C17H17N3O3/c1-9-5-7-12(8-6-9)15-18-16(23-19-15)13-10(2)20(4)11(3)14(13)17(21)22/h5-8H,1-4H3,(H,21,22). The molecule has 23 heavy (non-hydrogen) atoms. The van der Waals surface area contributed by atoms with Crippen LogP contribution < -0.4 is 0 Å². The van der Waals surface area contributed by atoms with E-state index >= 15 is 0 Å². The van der Waals surface area contributed by atoms with Gasteiger partial charge in [-0.05, 0) is 20.8 Å². The third-order valence-electron chi connectivity index (χ3n) is 4.14. The molecule has 3 aromatic rings. The Kier molecular flexibility index (Phi) is 3.52. The SMILES string of the molecule is Cc1ccc(-c2noc(-c3c(C(=O)O)c(C)n(C)c3C)n2)cc1. The number of rotatable bonds is 3. The fourth-order valence-electron chi connectivity index (χ4n) is 2.62. The van der Waals surface area contributed by atoms with Crippen LogP contribution in [0, 0.1) is 20.8 Å². The van der Waals surface area contributed by atoms with Crippen LogP contribution in [-0.4, -0.2) is 25.8 Å². The zero-order chi connectivity index (χ0) is 16.7. The summed E-state index contributed by atoms with van der Waals surface area (Å²) in [5, 5.41) is 13.5. The molecule has 0 saturated carbocycles. The lowest BCUT2D eigenvalue weighted by atomic mass is 10.1. The first kappa shape index (κ1) is 15.0. The van der Waals surface area contributed by atoms with E-state index in [2.05, 4.69) is 10.1 Å². The summed E-state index contributed by atoms with van der Waals surface area (Å²) in [5.74, 6) is -0.340. The predicted octanol–water partition coefficient (Wildman–Crippen LogP) is 3.37. The van der Waals surface area contributed by atoms with Crippen LogP contribution in [0.3, 0.4) is 0 Å². The normalized spacial score (nSPS) is 11.0. The molecule has 0 radical (unpaired) electrons. The second-order valence-corrected chi connectivity index (χ2v) is 5.57. The minimum atomic E-state index is -1.00. The van der Waals surface area contributed by atoms with Gasteiger partial charge in [0.05, 0.1) is 11.1 Å². The van der Waals surface area contributed by atoms with Crippen molar-refractivity contribution in [1.82, 2.24) is 14.7 Å². The van der Waals surface area contributed by atoms with E-state index in [0.717, 1.165) is 16.8 Å². The number of nitrogens with zero attached hydrogens (tertiary/aromatic N) is 3. The van der Waals surface area contributed by atoms with Gasteiger partial charge in [0.2, 0.25) is 5.82 Å². The number of aryl methyl sites for hydroxylation is 1. The third-order valence-corrected chi connectivity index (χ3v) is 4.14. The van der Waals surface area contributed by atoms with Gasteiger partial charge in [-0.3, -0.25) is 0 Å². The molecule has 0 fully saturated rings. The Morgan fingerprint density at radius 1 is 1.13 bits per heavy atom. The number of carboxylic acids is 1. The van der Waals surface area contributed by atoms with Gasteiger partial charge in [0.25, 0.3) is 5.89 Å². The molecule has 0 saturated heterocycles. The molecular weight excluding hydrogens is 294 g/mol. The molecule has 0 atom stereocenters. The summed E-state index contributed by atoms with van der Waals surface area (Å²) in [4.78, 5) is 16.0. The summed E-state index contributed by atoms with van der Waals surface area (Å²) in [6.07, 6.45) is 0. The molecular formula is C17H17N3O3. The topological polar surface area (TPSA) is 81.1 Å². The minimum Gasteiger partial charge on any atom is -0.478 e. The lowest BCUT2D eigenvalue weighted by Crippen LogP contribution is -2.00. The van der Waals surface area contributed by atoms with E-state index in [1.165, 1.54) is 0 Å². The molecule has 1 aromatic carbocycles. The highest BCUT2D eigenvalue weighted by Gasteiger charge is 2.26. The first-order chi connectivity index (χ1) is 10.9. The quantitative estimate of drug-likeness (QED) is 0.802. The molecule has 1 N–H and O–H groups in total. The van der Waals surface area contributed by atoms with Gasteiger partial charge in [0.1, 0.15) is 0 Å². The van der Waals surface area contributed by atoms with Crippen LogP contribution >= 0.6 is 0 Å². The van der Waals surface area contributed by atoms with E-state index < -0.39 is 5.97 Å². The lowest BCUT2D eigenvalue weighted by Gasteiger charge is -1.98. The molecule has 0 aliphatic rings. The maximum absolute atomic E-state index is 11.6. The average Bonchev–Trinajstić information content (AvgIpc) is 3.07. The van der Waals surface area contributed by atoms with Crippen LogP contribution in [0.2, 0.25) is 0 Å².